The van der Waals surface area contributed by atoms with Crippen molar-refractivity contribution in [2.45, 2.75) is 0 Å². The van der Waals surface area contributed by atoms with E-state index in [2.05, 4.69) is 173 Å². The molecule has 0 saturated carbocycles. The third-order valence-corrected chi connectivity index (χ3v) is 11.9. The number of hydrogen-bond donors (Lipinski definition) is 0. The van der Waals surface area contributed by atoms with Gasteiger partial charge in [-0.2, -0.15) is 4.98 Å². The van der Waals surface area contributed by atoms with Crippen LogP contribution in [0, 0.1) is 0 Å². The summed E-state index contributed by atoms with van der Waals surface area (Å²) < 4.78 is 11.5. The predicted molar refractivity (Wildman–Crippen MR) is 235 cm³/mol. The van der Waals surface area contributed by atoms with Gasteiger partial charge in [-0.3, -0.25) is 4.57 Å². The highest BCUT2D eigenvalue weighted by Crippen LogP contribution is 2.48. The van der Waals surface area contributed by atoms with Crippen LogP contribution in [0.4, 0.5) is 0 Å². The van der Waals surface area contributed by atoms with Crippen LogP contribution >= 0.6 is 0 Å². The van der Waals surface area contributed by atoms with E-state index < -0.39 is 0 Å². The molecule has 8 aromatic carbocycles. The lowest BCUT2D eigenvalue weighted by Gasteiger charge is -2.12. The Hall–Kier alpha value is -7.76. The number of aromatic nitrogens is 4. The fraction of sp³-hybridized carbons (Fsp3) is 0. The van der Waals surface area contributed by atoms with Crippen molar-refractivity contribution in [3.05, 3.63) is 182 Å². The van der Waals surface area contributed by atoms with Crippen molar-refractivity contribution in [3.63, 3.8) is 0 Å². The standard InChI is InChI=1S/C52H30N4O/c1-3-13-31(14-4-1)33-23-25-34(26-24-33)50-53-51(47-38-19-9-12-22-45(38)57-52(47)54-50)56-44-28-27-35(32-15-5-2-6-16-32)29-39(44)41-30-40-36-17-7-10-20-42(36)55-43-21-11-8-18-37(43)46(48(40)55)49(41)56/h1-30H. The lowest BCUT2D eigenvalue weighted by Crippen LogP contribution is -2.02. The lowest BCUT2D eigenvalue weighted by molar-refractivity contribution is 0.653. The molecule has 13 rings (SSSR count). The highest BCUT2D eigenvalue weighted by Gasteiger charge is 2.27. The molecule has 13 aromatic rings. The summed E-state index contributed by atoms with van der Waals surface area (Å²) in [6, 6.07) is 64.7. The van der Waals surface area contributed by atoms with E-state index in [0.29, 0.717) is 11.5 Å². The highest BCUT2D eigenvalue weighted by atomic mass is 16.3. The van der Waals surface area contributed by atoms with Gasteiger partial charge in [0.1, 0.15) is 5.58 Å². The Morgan fingerprint density at radius 2 is 0.947 bits per heavy atom. The second-order valence-electron chi connectivity index (χ2n) is 14.9. The topological polar surface area (TPSA) is 48.3 Å². The van der Waals surface area contributed by atoms with Gasteiger partial charge in [0.25, 0.3) is 0 Å². The minimum atomic E-state index is 0.561. The molecule has 57 heavy (non-hydrogen) atoms. The summed E-state index contributed by atoms with van der Waals surface area (Å²) in [5.74, 6) is 1.40. The molecule has 0 aliphatic rings. The maximum atomic E-state index is 6.61. The van der Waals surface area contributed by atoms with Gasteiger partial charge in [0.15, 0.2) is 11.6 Å². The summed E-state index contributed by atoms with van der Waals surface area (Å²) in [6.07, 6.45) is 0. The molecule has 0 N–H and O–H groups in total. The van der Waals surface area contributed by atoms with Crippen molar-refractivity contribution < 1.29 is 4.42 Å². The molecule has 0 unspecified atom stereocenters. The van der Waals surface area contributed by atoms with Gasteiger partial charge >= 0.3 is 0 Å². The Kier molecular flexibility index (Phi) is 6.10. The van der Waals surface area contributed by atoms with Crippen molar-refractivity contribution in [1.82, 2.24) is 18.9 Å². The second-order valence-corrected chi connectivity index (χ2v) is 14.9. The second kappa shape index (κ2) is 11.4. The molecule has 5 heterocycles. The number of rotatable bonds is 4. The van der Waals surface area contributed by atoms with Crippen LogP contribution in [0.2, 0.25) is 0 Å². The third kappa shape index (κ3) is 4.23. The fourth-order valence-electron chi connectivity index (χ4n) is 9.38. The van der Waals surface area contributed by atoms with E-state index >= 15 is 0 Å². The van der Waals surface area contributed by atoms with Gasteiger partial charge in [0, 0.05) is 43.3 Å². The summed E-state index contributed by atoms with van der Waals surface area (Å²) in [6.45, 7) is 0. The fourth-order valence-corrected chi connectivity index (χ4v) is 9.38. The number of nitrogens with zero attached hydrogens (tertiary/aromatic N) is 4. The average molecular weight is 727 g/mol. The maximum absolute atomic E-state index is 6.61. The predicted octanol–water partition coefficient (Wildman–Crippen LogP) is 13.6. The maximum Gasteiger partial charge on any atom is 0.233 e. The quantitative estimate of drug-likeness (QED) is 0.181. The Morgan fingerprint density at radius 1 is 0.368 bits per heavy atom. The van der Waals surface area contributed by atoms with Crippen LogP contribution in [-0.4, -0.2) is 18.9 Å². The van der Waals surface area contributed by atoms with E-state index in [-0.39, 0.29) is 0 Å². The Bertz CT molecular complexity index is 3730. The molecular formula is C52H30N4O. The van der Waals surface area contributed by atoms with Crippen molar-refractivity contribution in [1.29, 1.82) is 0 Å². The zero-order chi connectivity index (χ0) is 37.2. The molecule has 5 aromatic heterocycles. The first kappa shape index (κ1) is 30.6. The third-order valence-electron chi connectivity index (χ3n) is 11.9. The summed E-state index contributed by atoms with van der Waals surface area (Å²) in [7, 11) is 0. The smallest absolute Gasteiger partial charge is 0.233 e. The van der Waals surface area contributed by atoms with Crippen LogP contribution in [0.1, 0.15) is 0 Å². The van der Waals surface area contributed by atoms with Gasteiger partial charge < -0.3 is 8.82 Å². The van der Waals surface area contributed by atoms with Gasteiger partial charge in [-0.25, -0.2) is 4.98 Å². The minimum Gasteiger partial charge on any atom is -0.437 e. The van der Waals surface area contributed by atoms with Crippen molar-refractivity contribution >= 4 is 82.0 Å². The molecule has 5 nitrogen and oxygen atoms in total. The van der Waals surface area contributed by atoms with E-state index in [1.807, 2.05) is 18.2 Å². The van der Waals surface area contributed by atoms with Gasteiger partial charge in [0.05, 0.1) is 33.0 Å². The van der Waals surface area contributed by atoms with Crippen LogP contribution < -0.4 is 0 Å². The summed E-state index contributed by atoms with van der Waals surface area (Å²) in [4.78, 5) is 10.7. The van der Waals surface area contributed by atoms with Crippen LogP contribution in [0.3, 0.4) is 0 Å². The van der Waals surface area contributed by atoms with Crippen LogP contribution in [0.15, 0.2) is 186 Å². The van der Waals surface area contributed by atoms with Gasteiger partial charge in [-0.15, -0.1) is 0 Å². The zero-order valence-corrected chi connectivity index (χ0v) is 30.5. The molecule has 0 atom stereocenters. The first-order valence-corrected chi connectivity index (χ1v) is 19.3. The van der Waals surface area contributed by atoms with E-state index in [4.69, 9.17) is 14.4 Å². The first-order chi connectivity index (χ1) is 28.3. The minimum absolute atomic E-state index is 0.561. The number of fused-ring (bicyclic) bond motifs is 13. The summed E-state index contributed by atoms with van der Waals surface area (Å²) >= 11 is 0. The van der Waals surface area contributed by atoms with E-state index in [9.17, 15) is 0 Å². The molecule has 0 aliphatic heterocycles. The Labute approximate surface area is 325 Å². The molecule has 5 heteroatoms. The molecule has 0 aliphatic carbocycles. The molecule has 0 amide bonds. The van der Waals surface area contributed by atoms with Crippen molar-refractivity contribution in [3.8, 4) is 39.5 Å². The Balaban J connectivity index is 1.21. The molecule has 0 spiro atoms. The van der Waals surface area contributed by atoms with Crippen molar-refractivity contribution in [2.24, 2.45) is 0 Å². The SMILES string of the molecule is c1ccc(-c2ccc(-c3nc(-n4c5ccc(-c6ccccc6)cc5c5cc6c7ccccc7n7c8ccccc8c(c54)c67)c4c(n3)oc3ccccc34)cc2)cc1. The monoisotopic (exact) mass is 726 g/mol. The molecule has 0 bridgehead atoms. The number of para-hydroxylation sites is 3. The van der Waals surface area contributed by atoms with Crippen LogP contribution in [0.25, 0.3) is 121 Å². The van der Waals surface area contributed by atoms with Crippen LogP contribution in [0.5, 0.6) is 0 Å². The molecular weight excluding hydrogens is 697 g/mol. The van der Waals surface area contributed by atoms with Gasteiger partial charge in [-0.1, -0.05) is 146 Å². The number of benzene rings is 8. The van der Waals surface area contributed by atoms with Crippen LogP contribution in [-0.2, 0) is 0 Å². The van der Waals surface area contributed by atoms with Gasteiger partial charge in [-0.05, 0) is 58.7 Å². The molecule has 0 saturated heterocycles. The van der Waals surface area contributed by atoms with E-state index in [1.54, 1.807) is 0 Å². The van der Waals surface area contributed by atoms with E-state index in [0.717, 1.165) is 44.3 Å². The lowest BCUT2D eigenvalue weighted by atomic mass is 10.0. The molecule has 0 radical (unpaired) electrons. The summed E-state index contributed by atoms with van der Waals surface area (Å²) in [5, 5.41) is 9.13. The highest BCUT2D eigenvalue weighted by molar-refractivity contribution is 6.34. The zero-order valence-electron chi connectivity index (χ0n) is 30.5. The number of furan rings is 1. The molecule has 0 fully saturated rings. The van der Waals surface area contributed by atoms with E-state index in [1.165, 1.54) is 65.6 Å². The first-order valence-electron chi connectivity index (χ1n) is 19.3. The number of hydrogen-bond acceptors (Lipinski definition) is 3. The Morgan fingerprint density at radius 3 is 1.72 bits per heavy atom. The molecule has 264 valence electrons. The van der Waals surface area contributed by atoms with Crippen molar-refractivity contribution in [2.75, 3.05) is 0 Å². The summed E-state index contributed by atoms with van der Waals surface area (Å²) in [5.41, 5.74) is 12.7. The average Bonchev–Trinajstić information content (AvgIpc) is 4.02. The normalized spacial score (nSPS) is 12.2. The largest absolute Gasteiger partial charge is 0.437 e. The van der Waals surface area contributed by atoms with Gasteiger partial charge in [0.2, 0.25) is 5.71 Å².